The quantitative estimate of drug-likeness (QED) is 0.453. The number of urea groups is 1. The molecule has 0 aliphatic carbocycles. The Hall–Kier alpha value is -3.46. The summed E-state index contributed by atoms with van der Waals surface area (Å²) in [4.78, 5) is 24.0. The van der Waals surface area contributed by atoms with Crippen molar-refractivity contribution < 1.29 is 9.90 Å². The van der Waals surface area contributed by atoms with Gasteiger partial charge in [0.05, 0.1) is 29.3 Å². The number of carbonyl (C=O) groups excluding carboxylic acids is 1. The third-order valence-electron chi connectivity index (χ3n) is 6.80. The van der Waals surface area contributed by atoms with Gasteiger partial charge in [0.2, 0.25) is 5.95 Å². The average molecular weight is 492 g/mol. The fourth-order valence-electron chi connectivity index (χ4n) is 4.60. The SMILES string of the molecule is Cc1c(Nc2nccc(-c3ccc(C(NC(=O)N4CCCC4)C(C)(C)C)c(CCO)c3)n2)cnn1C. The highest BCUT2D eigenvalue weighted by Crippen LogP contribution is 2.36. The fraction of sp³-hybridized carbons (Fsp3) is 0.481. The second kappa shape index (κ2) is 10.7. The number of aliphatic hydroxyl groups is 1. The number of aryl methyl sites for hydroxylation is 1. The molecule has 9 nitrogen and oxygen atoms in total. The van der Waals surface area contributed by atoms with E-state index < -0.39 is 0 Å². The smallest absolute Gasteiger partial charge is 0.317 e. The van der Waals surface area contributed by atoms with E-state index in [1.807, 2.05) is 31.0 Å². The van der Waals surface area contributed by atoms with Gasteiger partial charge in [0, 0.05) is 38.5 Å². The summed E-state index contributed by atoms with van der Waals surface area (Å²) in [6.07, 6.45) is 6.07. The van der Waals surface area contributed by atoms with Crippen molar-refractivity contribution in [3.8, 4) is 11.3 Å². The monoisotopic (exact) mass is 491 g/mol. The molecule has 9 heteroatoms. The summed E-state index contributed by atoms with van der Waals surface area (Å²) in [5.74, 6) is 0.488. The predicted molar refractivity (Wildman–Crippen MR) is 141 cm³/mol. The second-order valence-corrected chi connectivity index (χ2v) is 10.5. The number of hydrogen-bond acceptors (Lipinski definition) is 6. The maximum Gasteiger partial charge on any atom is 0.317 e. The van der Waals surface area contributed by atoms with Crippen molar-refractivity contribution in [1.82, 2.24) is 30.0 Å². The molecule has 1 aliphatic heterocycles. The van der Waals surface area contributed by atoms with Crippen LogP contribution in [0, 0.1) is 12.3 Å². The lowest BCUT2D eigenvalue weighted by molar-refractivity contribution is 0.188. The molecule has 1 saturated heterocycles. The largest absolute Gasteiger partial charge is 0.396 e. The lowest BCUT2D eigenvalue weighted by Crippen LogP contribution is -2.44. The standard InChI is InChI=1S/C27H37N7O2/c1-18-23(17-29-33(18)5)31-25-28-12-10-22(30-25)20-8-9-21(19(16-20)11-15-35)24(27(2,3)4)32-26(36)34-13-6-7-14-34/h8-10,12,16-17,24,35H,6-7,11,13-15H2,1-5H3,(H,32,36)(H,28,30,31). The van der Waals surface area contributed by atoms with Crippen molar-refractivity contribution in [1.29, 1.82) is 0 Å². The Kier molecular flexibility index (Phi) is 7.59. The summed E-state index contributed by atoms with van der Waals surface area (Å²) in [7, 11) is 1.89. The minimum absolute atomic E-state index is 0.0181. The molecule has 1 aliphatic rings. The van der Waals surface area contributed by atoms with Crippen LogP contribution >= 0.6 is 0 Å². The van der Waals surface area contributed by atoms with Crippen LogP contribution in [0.15, 0.2) is 36.7 Å². The van der Waals surface area contributed by atoms with E-state index >= 15 is 0 Å². The number of anilines is 2. The molecule has 1 atom stereocenters. The Labute approximate surface area is 213 Å². The molecule has 0 bridgehead atoms. The average Bonchev–Trinajstić information content (AvgIpc) is 3.49. The molecule has 0 spiro atoms. The topological polar surface area (TPSA) is 108 Å². The first-order valence-corrected chi connectivity index (χ1v) is 12.6. The Morgan fingerprint density at radius 2 is 1.94 bits per heavy atom. The minimum atomic E-state index is -0.214. The number of benzene rings is 1. The van der Waals surface area contributed by atoms with Gasteiger partial charge in [0.25, 0.3) is 0 Å². The zero-order chi connectivity index (χ0) is 25.9. The van der Waals surface area contributed by atoms with Crippen LogP contribution in [0.2, 0.25) is 0 Å². The molecule has 0 saturated carbocycles. The molecule has 3 aromatic rings. The first-order chi connectivity index (χ1) is 17.2. The van der Waals surface area contributed by atoms with Crippen molar-refractivity contribution >= 4 is 17.7 Å². The Morgan fingerprint density at radius 3 is 2.58 bits per heavy atom. The van der Waals surface area contributed by atoms with E-state index in [1.165, 1.54) is 0 Å². The fourth-order valence-corrected chi connectivity index (χ4v) is 4.60. The van der Waals surface area contributed by atoms with E-state index in [-0.39, 0.29) is 24.1 Å². The van der Waals surface area contributed by atoms with Crippen molar-refractivity contribution in [3.05, 3.63) is 53.5 Å². The lowest BCUT2D eigenvalue weighted by atomic mass is 9.79. The van der Waals surface area contributed by atoms with E-state index in [9.17, 15) is 9.90 Å². The molecule has 2 amide bonds. The molecule has 192 valence electrons. The van der Waals surface area contributed by atoms with E-state index in [1.54, 1.807) is 17.1 Å². The summed E-state index contributed by atoms with van der Waals surface area (Å²) in [5, 5.41) is 20.6. The van der Waals surface area contributed by atoms with Crippen LogP contribution < -0.4 is 10.6 Å². The normalized spacial score (nSPS) is 14.7. The number of rotatable bonds is 7. The highest BCUT2D eigenvalue weighted by atomic mass is 16.3. The summed E-state index contributed by atoms with van der Waals surface area (Å²) < 4.78 is 1.79. The number of carbonyl (C=O) groups is 1. The number of nitrogens with one attached hydrogen (secondary N) is 2. The summed E-state index contributed by atoms with van der Waals surface area (Å²) in [6.45, 7) is 9.98. The van der Waals surface area contributed by atoms with Crippen molar-refractivity contribution in [2.75, 3.05) is 25.0 Å². The highest BCUT2D eigenvalue weighted by molar-refractivity contribution is 5.75. The molecular weight excluding hydrogens is 454 g/mol. The number of aromatic nitrogens is 4. The number of amides is 2. The Balaban J connectivity index is 1.64. The predicted octanol–water partition coefficient (Wildman–Crippen LogP) is 4.36. The number of nitrogens with zero attached hydrogens (tertiary/aromatic N) is 5. The molecule has 3 heterocycles. The summed E-state index contributed by atoms with van der Waals surface area (Å²) >= 11 is 0. The zero-order valence-corrected chi connectivity index (χ0v) is 21.9. The van der Waals surface area contributed by atoms with Gasteiger partial charge in [-0.2, -0.15) is 5.10 Å². The molecule has 3 N–H and O–H groups in total. The molecule has 1 aromatic carbocycles. The van der Waals surface area contributed by atoms with Gasteiger partial charge in [-0.15, -0.1) is 0 Å². The third kappa shape index (κ3) is 5.67. The minimum Gasteiger partial charge on any atom is -0.396 e. The molecular formula is C27H37N7O2. The van der Waals surface area contributed by atoms with Gasteiger partial charge in [-0.05, 0) is 54.9 Å². The van der Waals surface area contributed by atoms with Gasteiger partial charge >= 0.3 is 6.03 Å². The second-order valence-electron chi connectivity index (χ2n) is 10.5. The first-order valence-electron chi connectivity index (χ1n) is 12.6. The lowest BCUT2D eigenvalue weighted by Gasteiger charge is -2.35. The summed E-state index contributed by atoms with van der Waals surface area (Å²) in [6, 6.07) is 7.80. The van der Waals surface area contributed by atoms with Crippen LogP contribution in [0.5, 0.6) is 0 Å². The summed E-state index contributed by atoms with van der Waals surface area (Å²) in [5.41, 5.74) is 5.34. The number of likely N-dealkylation sites (tertiary alicyclic amines) is 1. The maximum atomic E-state index is 13.0. The Morgan fingerprint density at radius 1 is 1.19 bits per heavy atom. The van der Waals surface area contributed by atoms with Crippen LogP contribution in [0.1, 0.15) is 56.5 Å². The van der Waals surface area contributed by atoms with Crippen molar-refractivity contribution in [3.63, 3.8) is 0 Å². The van der Waals surface area contributed by atoms with Gasteiger partial charge in [-0.1, -0.05) is 32.9 Å². The Bertz CT molecular complexity index is 1210. The first kappa shape index (κ1) is 25.6. The van der Waals surface area contributed by atoms with Crippen LogP contribution in [0.25, 0.3) is 11.3 Å². The van der Waals surface area contributed by atoms with E-state index in [0.29, 0.717) is 12.4 Å². The van der Waals surface area contributed by atoms with Crippen LogP contribution in [0.3, 0.4) is 0 Å². The molecule has 36 heavy (non-hydrogen) atoms. The molecule has 1 unspecified atom stereocenters. The third-order valence-corrected chi connectivity index (χ3v) is 6.80. The van der Waals surface area contributed by atoms with Crippen molar-refractivity contribution in [2.24, 2.45) is 12.5 Å². The molecule has 2 aromatic heterocycles. The van der Waals surface area contributed by atoms with Crippen LogP contribution in [-0.4, -0.2) is 55.5 Å². The van der Waals surface area contributed by atoms with Gasteiger partial charge in [-0.3, -0.25) is 4.68 Å². The van der Waals surface area contributed by atoms with Gasteiger partial charge in [0.15, 0.2) is 0 Å². The van der Waals surface area contributed by atoms with Gasteiger partial charge < -0.3 is 20.6 Å². The van der Waals surface area contributed by atoms with E-state index in [0.717, 1.165) is 59.7 Å². The van der Waals surface area contributed by atoms with Gasteiger partial charge in [0.1, 0.15) is 0 Å². The highest BCUT2D eigenvalue weighted by Gasteiger charge is 2.31. The van der Waals surface area contributed by atoms with Crippen LogP contribution in [0.4, 0.5) is 16.4 Å². The van der Waals surface area contributed by atoms with Crippen LogP contribution in [-0.2, 0) is 13.5 Å². The maximum absolute atomic E-state index is 13.0. The van der Waals surface area contributed by atoms with Gasteiger partial charge in [-0.25, -0.2) is 14.8 Å². The number of aliphatic hydroxyl groups excluding tert-OH is 1. The molecule has 0 radical (unpaired) electrons. The van der Waals surface area contributed by atoms with E-state index in [2.05, 4.69) is 53.6 Å². The van der Waals surface area contributed by atoms with E-state index in [4.69, 9.17) is 4.98 Å². The van der Waals surface area contributed by atoms with Crippen molar-refractivity contribution in [2.45, 2.75) is 53.0 Å². The number of hydrogen-bond donors (Lipinski definition) is 3. The molecule has 4 rings (SSSR count). The zero-order valence-electron chi connectivity index (χ0n) is 21.9. The molecule has 1 fully saturated rings.